The van der Waals surface area contributed by atoms with E-state index < -0.39 is 0 Å². The van der Waals surface area contributed by atoms with Crippen LogP contribution in [0.1, 0.15) is 12.8 Å². The van der Waals surface area contributed by atoms with Crippen molar-refractivity contribution in [3.63, 3.8) is 0 Å². The smallest absolute Gasteiger partial charge is 0.229 e. The van der Waals surface area contributed by atoms with Crippen LogP contribution in [-0.2, 0) is 9.59 Å². The Morgan fingerprint density at radius 2 is 2.15 bits per heavy atom. The first-order valence-corrected chi connectivity index (χ1v) is 6.65. The van der Waals surface area contributed by atoms with Crippen LogP contribution in [0.25, 0.3) is 10.9 Å². The average Bonchev–Trinajstić information content (AvgIpc) is 2.48. The molecule has 0 bridgehead atoms. The fraction of sp³-hybridized carbons (Fsp3) is 0.267. The first kappa shape index (κ1) is 12.6. The molecule has 2 aromatic rings. The Balaban J connectivity index is 1.79. The van der Waals surface area contributed by atoms with Crippen LogP contribution in [0.4, 0.5) is 5.69 Å². The van der Waals surface area contributed by atoms with Gasteiger partial charge in [0, 0.05) is 24.5 Å². The van der Waals surface area contributed by atoms with Gasteiger partial charge < -0.3 is 10.6 Å². The van der Waals surface area contributed by atoms with Crippen LogP contribution in [0.3, 0.4) is 0 Å². The number of piperidine rings is 1. The molecule has 1 saturated heterocycles. The molecule has 1 unspecified atom stereocenters. The molecule has 2 N–H and O–H groups in total. The molecular formula is C15H15N3O2. The summed E-state index contributed by atoms with van der Waals surface area (Å²) in [6, 6.07) is 9.51. The van der Waals surface area contributed by atoms with Crippen LogP contribution in [0.5, 0.6) is 0 Å². The molecule has 0 radical (unpaired) electrons. The second kappa shape index (κ2) is 5.28. The molecule has 5 heteroatoms. The number of fused-ring (bicyclic) bond motifs is 1. The maximum Gasteiger partial charge on any atom is 0.229 e. The zero-order chi connectivity index (χ0) is 13.9. The number of hydrogen-bond donors (Lipinski definition) is 2. The lowest BCUT2D eigenvalue weighted by atomic mass is 9.98. The zero-order valence-corrected chi connectivity index (χ0v) is 10.9. The summed E-state index contributed by atoms with van der Waals surface area (Å²) in [4.78, 5) is 27.6. The van der Waals surface area contributed by atoms with E-state index >= 15 is 0 Å². The van der Waals surface area contributed by atoms with Gasteiger partial charge in [0.1, 0.15) is 0 Å². The molecule has 0 aliphatic carbocycles. The van der Waals surface area contributed by atoms with Crippen molar-refractivity contribution in [1.29, 1.82) is 0 Å². The summed E-state index contributed by atoms with van der Waals surface area (Å²) in [6.07, 6.45) is 2.71. The van der Waals surface area contributed by atoms with Gasteiger partial charge >= 0.3 is 0 Å². The molecule has 20 heavy (non-hydrogen) atoms. The minimum atomic E-state index is -0.174. The highest BCUT2D eigenvalue weighted by Gasteiger charge is 2.24. The number of anilines is 1. The van der Waals surface area contributed by atoms with Gasteiger partial charge in [-0.05, 0) is 18.6 Å². The summed E-state index contributed by atoms with van der Waals surface area (Å²) < 4.78 is 0. The van der Waals surface area contributed by atoms with E-state index in [9.17, 15) is 9.59 Å². The molecule has 3 rings (SSSR count). The van der Waals surface area contributed by atoms with Crippen molar-refractivity contribution in [3.8, 4) is 0 Å². The number of nitrogens with one attached hydrogen (secondary N) is 2. The van der Waals surface area contributed by atoms with Crippen LogP contribution >= 0.6 is 0 Å². The summed E-state index contributed by atoms with van der Waals surface area (Å²) in [5.41, 5.74) is 1.49. The predicted octanol–water partition coefficient (Wildman–Crippen LogP) is 1.70. The lowest BCUT2D eigenvalue weighted by molar-refractivity contribution is -0.126. The van der Waals surface area contributed by atoms with Gasteiger partial charge in [0.2, 0.25) is 11.8 Å². The van der Waals surface area contributed by atoms with Gasteiger partial charge in [0.15, 0.2) is 0 Å². The molecule has 102 valence electrons. The van der Waals surface area contributed by atoms with Crippen LogP contribution in [0.15, 0.2) is 36.5 Å². The van der Waals surface area contributed by atoms with Gasteiger partial charge in [-0.1, -0.05) is 18.2 Å². The number of pyridine rings is 1. The average molecular weight is 269 g/mol. The molecule has 1 fully saturated rings. The largest absolute Gasteiger partial charge is 0.355 e. The summed E-state index contributed by atoms with van der Waals surface area (Å²) in [5.74, 6) is -0.226. The van der Waals surface area contributed by atoms with Gasteiger partial charge in [0.25, 0.3) is 0 Å². The molecular weight excluding hydrogens is 254 g/mol. The van der Waals surface area contributed by atoms with E-state index in [1.54, 1.807) is 6.20 Å². The number of amides is 2. The van der Waals surface area contributed by atoms with Crippen molar-refractivity contribution in [3.05, 3.63) is 36.5 Å². The van der Waals surface area contributed by atoms with Crippen LogP contribution in [0, 0.1) is 5.92 Å². The fourth-order valence-electron chi connectivity index (χ4n) is 2.40. The van der Waals surface area contributed by atoms with Crippen molar-refractivity contribution in [2.24, 2.45) is 5.92 Å². The van der Waals surface area contributed by atoms with Crippen LogP contribution in [-0.4, -0.2) is 23.3 Å². The fourth-order valence-corrected chi connectivity index (χ4v) is 2.40. The standard InChI is InChI=1S/C15H15N3O2/c19-13-7-6-11(9-17-13)15(20)18-12-5-1-3-10-4-2-8-16-14(10)12/h1-5,8,11H,6-7,9H2,(H,17,19)(H,18,20). The highest BCUT2D eigenvalue weighted by molar-refractivity contribution is 6.01. The minimum absolute atomic E-state index is 0.0147. The van der Waals surface area contributed by atoms with Crippen molar-refractivity contribution in [2.75, 3.05) is 11.9 Å². The molecule has 1 atom stereocenters. The number of carbonyl (C=O) groups is 2. The van der Waals surface area contributed by atoms with E-state index in [-0.39, 0.29) is 17.7 Å². The Morgan fingerprint density at radius 1 is 1.30 bits per heavy atom. The number of aromatic nitrogens is 1. The van der Waals surface area contributed by atoms with E-state index in [0.717, 1.165) is 10.9 Å². The summed E-state index contributed by atoms with van der Waals surface area (Å²) in [5, 5.41) is 6.63. The molecule has 0 spiro atoms. The van der Waals surface area contributed by atoms with Gasteiger partial charge in [-0.25, -0.2) is 0 Å². The molecule has 1 aromatic carbocycles. The molecule has 1 aliphatic rings. The first-order chi connectivity index (χ1) is 9.74. The number of nitrogens with zero attached hydrogens (tertiary/aromatic N) is 1. The van der Waals surface area contributed by atoms with E-state index in [0.29, 0.717) is 25.1 Å². The topological polar surface area (TPSA) is 71.1 Å². The van der Waals surface area contributed by atoms with Gasteiger partial charge in [-0.15, -0.1) is 0 Å². The number of benzene rings is 1. The highest BCUT2D eigenvalue weighted by atomic mass is 16.2. The van der Waals surface area contributed by atoms with E-state index in [1.165, 1.54) is 0 Å². The molecule has 2 amide bonds. The molecule has 0 saturated carbocycles. The normalized spacial score (nSPS) is 18.6. The lowest BCUT2D eigenvalue weighted by Gasteiger charge is -2.21. The third-order valence-electron chi connectivity index (χ3n) is 3.53. The Bertz CT molecular complexity index is 654. The lowest BCUT2D eigenvalue weighted by Crippen LogP contribution is -2.40. The Kier molecular flexibility index (Phi) is 3.33. The van der Waals surface area contributed by atoms with Crippen molar-refractivity contribution >= 4 is 28.4 Å². The third kappa shape index (κ3) is 2.47. The van der Waals surface area contributed by atoms with Crippen molar-refractivity contribution < 1.29 is 9.59 Å². The Morgan fingerprint density at radius 3 is 2.95 bits per heavy atom. The van der Waals surface area contributed by atoms with Gasteiger partial charge in [0.05, 0.1) is 17.1 Å². The van der Waals surface area contributed by atoms with Gasteiger partial charge in [-0.3, -0.25) is 14.6 Å². The molecule has 2 heterocycles. The minimum Gasteiger partial charge on any atom is -0.355 e. The maximum absolute atomic E-state index is 12.2. The number of para-hydroxylation sites is 1. The molecule has 1 aliphatic heterocycles. The maximum atomic E-state index is 12.2. The third-order valence-corrected chi connectivity index (χ3v) is 3.53. The molecule has 1 aromatic heterocycles. The monoisotopic (exact) mass is 269 g/mol. The number of rotatable bonds is 2. The van der Waals surface area contributed by atoms with Crippen molar-refractivity contribution in [1.82, 2.24) is 10.3 Å². The zero-order valence-electron chi connectivity index (χ0n) is 10.9. The quantitative estimate of drug-likeness (QED) is 0.871. The van der Waals surface area contributed by atoms with E-state index in [4.69, 9.17) is 0 Å². The van der Waals surface area contributed by atoms with Crippen molar-refractivity contribution in [2.45, 2.75) is 12.8 Å². The second-order valence-corrected chi connectivity index (χ2v) is 4.91. The van der Waals surface area contributed by atoms with Crippen LogP contribution in [0.2, 0.25) is 0 Å². The Labute approximate surface area is 116 Å². The van der Waals surface area contributed by atoms with Crippen LogP contribution < -0.4 is 10.6 Å². The summed E-state index contributed by atoms with van der Waals surface area (Å²) in [7, 11) is 0. The van der Waals surface area contributed by atoms with E-state index in [2.05, 4.69) is 15.6 Å². The first-order valence-electron chi connectivity index (χ1n) is 6.65. The predicted molar refractivity (Wildman–Crippen MR) is 76.1 cm³/mol. The number of carbonyl (C=O) groups excluding carboxylic acids is 2. The number of hydrogen-bond acceptors (Lipinski definition) is 3. The summed E-state index contributed by atoms with van der Waals surface area (Å²) >= 11 is 0. The Hall–Kier alpha value is -2.43. The molecule has 5 nitrogen and oxygen atoms in total. The second-order valence-electron chi connectivity index (χ2n) is 4.91. The SMILES string of the molecule is O=C1CCC(C(=O)Nc2cccc3cccnc23)CN1. The van der Waals surface area contributed by atoms with E-state index in [1.807, 2.05) is 30.3 Å². The van der Waals surface area contributed by atoms with Gasteiger partial charge in [-0.2, -0.15) is 0 Å². The summed E-state index contributed by atoms with van der Waals surface area (Å²) in [6.45, 7) is 0.406. The highest BCUT2D eigenvalue weighted by Crippen LogP contribution is 2.22.